The van der Waals surface area contributed by atoms with Crippen LogP contribution in [0.5, 0.6) is 0 Å². The van der Waals surface area contributed by atoms with Gasteiger partial charge in [-0.2, -0.15) is 0 Å². The van der Waals surface area contributed by atoms with E-state index in [1.165, 1.54) is 29.4 Å². The largest absolute Gasteiger partial charge is 0.282 e. The highest BCUT2D eigenvalue weighted by atomic mass is 79.9. The SMILES string of the molecule is PN1Cc2cccc(Br)c2C2(CC2)C1. The third kappa shape index (κ3) is 1.28. The van der Waals surface area contributed by atoms with E-state index in [1.54, 1.807) is 5.56 Å². The Balaban J connectivity index is 2.18. The van der Waals surface area contributed by atoms with Crippen molar-refractivity contribution in [1.29, 1.82) is 0 Å². The van der Waals surface area contributed by atoms with E-state index in [0.29, 0.717) is 5.41 Å². The molecule has 1 spiro atoms. The number of rotatable bonds is 0. The molecule has 0 amide bonds. The van der Waals surface area contributed by atoms with Gasteiger partial charge in [0.1, 0.15) is 0 Å². The van der Waals surface area contributed by atoms with Crippen LogP contribution >= 0.6 is 25.3 Å². The fourth-order valence-corrected chi connectivity index (χ4v) is 3.97. The lowest BCUT2D eigenvalue weighted by Gasteiger charge is -2.33. The molecule has 14 heavy (non-hydrogen) atoms. The molecule has 0 saturated heterocycles. The van der Waals surface area contributed by atoms with Gasteiger partial charge in [-0.15, -0.1) is 0 Å². The molecule has 74 valence electrons. The smallest absolute Gasteiger partial charge is 0.0271 e. The minimum atomic E-state index is 0.482. The molecule has 0 radical (unpaired) electrons. The van der Waals surface area contributed by atoms with E-state index in [-0.39, 0.29) is 0 Å². The molecule has 1 aromatic carbocycles. The normalized spacial score (nSPS) is 23.6. The summed E-state index contributed by atoms with van der Waals surface area (Å²) in [6, 6.07) is 6.58. The van der Waals surface area contributed by atoms with Crippen LogP contribution in [0, 0.1) is 0 Å². The van der Waals surface area contributed by atoms with Gasteiger partial charge in [-0.05, 0) is 30.0 Å². The molecular weight excluding hydrogens is 257 g/mol. The maximum absolute atomic E-state index is 3.69. The summed E-state index contributed by atoms with van der Waals surface area (Å²) in [4.78, 5) is 0. The monoisotopic (exact) mass is 269 g/mol. The molecular formula is C11H13BrNP. The number of halogens is 1. The minimum Gasteiger partial charge on any atom is -0.282 e. The van der Waals surface area contributed by atoms with Crippen molar-refractivity contribution < 1.29 is 0 Å². The van der Waals surface area contributed by atoms with Crippen LogP contribution in [0.2, 0.25) is 0 Å². The maximum atomic E-state index is 3.69. The van der Waals surface area contributed by atoms with Crippen molar-refractivity contribution >= 4 is 25.3 Å². The van der Waals surface area contributed by atoms with Crippen molar-refractivity contribution in [3.8, 4) is 0 Å². The number of fused-ring (bicyclic) bond motifs is 2. The lowest BCUT2D eigenvalue weighted by Crippen LogP contribution is -2.31. The Morgan fingerprint density at radius 3 is 2.86 bits per heavy atom. The molecule has 1 aromatic rings. The summed E-state index contributed by atoms with van der Waals surface area (Å²) in [5.74, 6) is 0. The van der Waals surface area contributed by atoms with Crippen molar-refractivity contribution in [3.63, 3.8) is 0 Å². The molecule has 0 bridgehead atoms. The predicted molar refractivity (Wildman–Crippen MR) is 65.2 cm³/mol. The highest BCUT2D eigenvalue weighted by Gasteiger charge is 2.49. The first kappa shape index (κ1) is 9.33. The first-order chi connectivity index (χ1) is 6.71. The third-order valence-corrected chi connectivity index (χ3v) is 4.39. The van der Waals surface area contributed by atoms with E-state index < -0.39 is 0 Å². The van der Waals surface area contributed by atoms with Crippen LogP contribution < -0.4 is 0 Å². The van der Waals surface area contributed by atoms with Crippen LogP contribution in [0.1, 0.15) is 24.0 Å². The van der Waals surface area contributed by atoms with Gasteiger partial charge in [0.25, 0.3) is 0 Å². The van der Waals surface area contributed by atoms with E-state index >= 15 is 0 Å². The molecule has 1 atom stereocenters. The maximum Gasteiger partial charge on any atom is 0.0271 e. The summed E-state index contributed by atoms with van der Waals surface area (Å²) in [5.41, 5.74) is 3.56. The van der Waals surface area contributed by atoms with E-state index in [4.69, 9.17) is 0 Å². The van der Waals surface area contributed by atoms with Crippen molar-refractivity contribution in [2.24, 2.45) is 0 Å². The molecule has 1 fully saturated rings. The lowest BCUT2D eigenvalue weighted by molar-refractivity contribution is 0.378. The van der Waals surface area contributed by atoms with Gasteiger partial charge in [-0.3, -0.25) is 4.67 Å². The molecule has 3 heteroatoms. The minimum absolute atomic E-state index is 0.482. The van der Waals surface area contributed by atoms with Crippen LogP contribution in [0.4, 0.5) is 0 Å². The molecule has 1 unspecified atom stereocenters. The fourth-order valence-electron chi connectivity index (χ4n) is 2.60. The number of benzene rings is 1. The van der Waals surface area contributed by atoms with Crippen LogP contribution in [0.25, 0.3) is 0 Å². The van der Waals surface area contributed by atoms with Gasteiger partial charge in [0, 0.05) is 23.0 Å². The van der Waals surface area contributed by atoms with Crippen LogP contribution in [-0.2, 0) is 12.0 Å². The topological polar surface area (TPSA) is 3.24 Å². The number of nitrogens with zero attached hydrogens (tertiary/aromatic N) is 1. The summed E-state index contributed by atoms with van der Waals surface area (Å²) < 4.78 is 3.67. The number of hydrogen-bond acceptors (Lipinski definition) is 1. The Bertz CT molecular complexity index is 387. The van der Waals surface area contributed by atoms with Crippen molar-refractivity contribution in [2.45, 2.75) is 24.8 Å². The van der Waals surface area contributed by atoms with E-state index in [1.807, 2.05) is 0 Å². The van der Waals surface area contributed by atoms with Crippen molar-refractivity contribution in [3.05, 3.63) is 33.8 Å². The second-order valence-electron chi connectivity index (χ2n) is 4.46. The summed E-state index contributed by atoms with van der Waals surface area (Å²) in [7, 11) is 2.84. The van der Waals surface area contributed by atoms with E-state index in [0.717, 1.165) is 6.54 Å². The summed E-state index contributed by atoms with van der Waals surface area (Å²) in [6.07, 6.45) is 2.71. The first-order valence-corrected chi connectivity index (χ1v) is 6.30. The van der Waals surface area contributed by atoms with Crippen molar-refractivity contribution in [1.82, 2.24) is 4.67 Å². The van der Waals surface area contributed by atoms with Gasteiger partial charge in [-0.1, -0.05) is 37.5 Å². The Morgan fingerprint density at radius 1 is 1.36 bits per heavy atom. The molecule has 1 heterocycles. The van der Waals surface area contributed by atoms with Gasteiger partial charge in [0.2, 0.25) is 0 Å². The second kappa shape index (κ2) is 3.04. The summed E-state index contributed by atoms with van der Waals surface area (Å²) in [5, 5.41) is 0. The second-order valence-corrected chi connectivity index (χ2v) is 6.04. The van der Waals surface area contributed by atoms with Gasteiger partial charge < -0.3 is 0 Å². The Hall–Kier alpha value is 0.0900. The third-order valence-electron chi connectivity index (χ3n) is 3.36. The molecule has 1 saturated carbocycles. The average Bonchev–Trinajstić information content (AvgIpc) is 2.84. The first-order valence-electron chi connectivity index (χ1n) is 4.99. The molecule has 0 aromatic heterocycles. The molecule has 0 N–H and O–H groups in total. The van der Waals surface area contributed by atoms with Gasteiger partial charge in [-0.25, -0.2) is 0 Å². The zero-order valence-electron chi connectivity index (χ0n) is 7.96. The zero-order chi connectivity index (χ0) is 9.76. The van der Waals surface area contributed by atoms with Gasteiger partial charge in [0.05, 0.1) is 0 Å². The van der Waals surface area contributed by atoms with Gasteiger partial charge in [0.15, 0.2) is 0 Å². The van der Waals surface area contributed by atoms with E-state index in [2.05, 4.69) is 48.2 Å². The molecule has 1 aliphatic carbocycles. The van der Waals surface area contributed by atoms with Gasteiger partial charge >= 0.3 is 0 Å². The molecule has 1 aliphatic heterocycles. The molecule has 2 aliphatic rings. The summed E-state index contributed by atoms with van der Waals surface area (Å²) >= 11 is 3.69. The van der Waals surface area contributed by atoms with Crippen LogP contribution in [-0.4, -0.2) is 11.2 Å². The Kier molecular flexibility index (Phi) is 2.02. The van der Waals surface area contributed by atoms with E-state index in [9.17, 15) is 0 Å². The standard InChI is InChI=1S/C11H13BrNP/c12-9-3-1-2-8-6-13(14)7-11(4-5-11)10(8)9/h1-3H,4-7,14H2. The Labute approximate surface area is 95.3 Å². The zero-order valence-corrected chi connectivity index (χ0v) is 10.7. The van der Waals surface area contributed by atoms with Crippen LogP contribution in [0.3, 0.4) is 0 Å². The fraction of sp³-hybridized carbons (Fsp3) is 0.455. The summed E-state index contributed by atoms with van der Waals surface area (Å²) in [6.45, 7) is 2.27. The predicted octanol–water partition coefficient (Wildman–Crippen LogP) is 3.09. The average molecular weight is 270 g/mol. The van der Waals surface area contributed by atoms with Crippen LogP contribution in [0.15, 0.2) is 22.7 Å². The highest BCUT2D eigenvalue weighted by molar-refractivity contribution is 9.10. The highest BCUT2D eigenvalue weighted by Crippen LogP contribution is 2.54. The lowest BCUT2D eigenvalue weighted by atomic mass is 9.88. The Morgan fingerprint density at radius 2 is 2.14 bits per heavy atom. The quantitative estimate of drug-likeness (QED) is 0.655. The number of hydrogen-bond donors (Lipinski definition) is 0. The molecule has 1 nitrogen and oxygen atoms in total. The van der Waals surface area contributed by atoms with Crippen molar-refractivity contribution in [2.75, 3.05) is 6.54 Å². The molecule has 3 rings (SSSR count).